The molecule has 102 valence electrons. The first kappa shape index (κ1) is 15.1. The summed E-state index contributed by atoms with van der Waals surface area (Å²) in [6, 6.07) is 2.22. The molecule has 2 unspecified atom stereocenters. The molecule has 0 saturated heterocycles. The summed E-state index contributed by atoms with van der Waals surface area (Å²) in [6.45, 7) is 6.16. The average molecular weight is 257 g/mol. The first-order valence-electron chi connectivity index (χ1n) is 6.25. The van der Waals surface area contributed by atoms with Crippen molar-refractivity contribution in [3.05, 3.63) is 34.9 Å². The molecule has 2 nitrogen and oxygen atoms in total. The number of rotatable bonds is 6. The van der Waals surface area contributed by atoms with Crippen molar-refractivity contribution in [1.29, 1.82) is 0 Å². The number of benzene rings is 1. The molecule has 0 spiro atoms. The molecule has 0 bridgehead atoms. The Morgan fingerprint density at radius 2 is 1.89 bits per heavy atom. The third-order valence-electron chi connectivity index (χ3n) is 3.14. The van der Waals surface area contributed by atoms with Gasteiger partial charge < -0.3 is 10.4 Å². The molecule has 0 aliphatic rings. The van der Waals surface area contributed by atoms with E-state index in [-0.39, 0.29) is 24.3 Å². The second-order valence-corrected chi connectivity index (χ2v) is 4.87. The quantitative estimate of drug-likeness (QED) is 0.821. The Morgan fingerprint density at radius 3 is 2.50 bits per heavy atom. The highest BCUT2D eigenvalue weighted by molar-refractivity contribution is 5.27. The van der Waals surface area contributed by atoms with Gasteiger partial charge in [-0.1, -0.05) is 6.92 Å². The molecular formula is C14H21F2NO. The molecule has 1 rings (SSSR count). The highest BCUT2D eigenvalue weighted by atomic mass is 19.1. The lowest BCUT2D eigenvalue weighted by Crippen LogP contribution is -2.25. The minimum absolute atomic E-state index is 0.144. The van der Waals surface area contributed by atoms with Crippen LogP contribution in [0.4, 0.5) is 8.78 Å². The molecule has 18 heavy (non-hydrogen) atoms. The predicted octanol–water partition coefficient (Wildman–Crippen LogP) is 2.94. The second-order valence-electron chi connectivity index (χ2n) is 4.87. The van der Waals surface area contributed by atoms with Crippen LogP contribution in [0.2, 0.25) is 0 Å². The second kappa shape index (κ2) is 6.81. The lowest BCUT2D eigenvalue weighted by molar-refractivity contribution is 0.258. The van der Waals surface area contributed by atoms with Gasteiger partial charge in [-0.3, -0.25) is 0 Å². The minimum atomic E-state index is -0.386. The number of aliphatic hydroxyl groups excluding tert-OH is 1. The molecule has 0 aliphatic carbocycles. The van der Waals surface area contributed by atoms with Crippen LogP contribution in [-0.4, -0.2) is 18.3 Å². The third-order valence-corrected chi connectivity index (χ3v) is 3.14. The van der Waals surface area contributed by atoms with Crippen molar-refractivity contribution < 1.29 is 13.9 Å². The van der Waals surface area contributed by atoms with Crippen molar-refractivity contribution >= 4 is 0 Å². The first-order chi connectivity index (χ1) is 8.45. The fraction of sp³-hybridized carbons (Fsp3) is 0.571. The van der Waals surface area contributed by atoms with Gasteiger partial charge in [-0.15, -0.1) is 0 Å². The monoisotopic (exact) mass is 257 g/mol. The summed E-state index contributed by atoms with van der Waals surface area (Å²) in [4.78, 5) is 0. The Labute approximate surface area is 107 Å². The fourth-order valence-electron chi connectivity index (χ4n) is 1.80. The summed E-state index contributed by atoms with van der Waals surface area (Å²) < 4.78 is 27.1. The van der Waals surface area contributed by atoms with E-state index in [0.717, 1.165) is 0 Å². The van der Waals surface area contributed by atoms with Crippen molar-refractivity contribution in [2.24, 2.45) is 5.92 Å². The van der Waals surface area contributed by atoms with E-state index in [1.165, 1.54) is 12.1 Å². The highest BCUT2D eigenvalue weighted by Crippen LogP contribution is 2.20. The Morgan fingerprint density at radius 1 is 1.22 bits per heavy atom. The van der Waals surface area contributed by atoms with E-state index in [1.807, 2.05) is 6.92 Å². The fourth-order valence-corrected chi connectivity index (χ4v) is 1.80. The summed E-state index contributed by atoms with van der Waals surface area (Å²) in [5, 5.41) is 11.9. The van der Waals surface area contributed by atoms with Gasteiger partial charge in [-0.2, -0.15) is 0 Å². The van der Waals surface area contributed by atoms with E-state index < -0.39 is 0 Å². The van der Waals surface area contributed by atoms with Gasteiger partial charge in [0.05, 0.1) is 0 Å². The van der Waals surface area contributed by atoms with E-state index in [4.69, 9.17) is 5.11 Å². The number of halogens is 2. The topological polar surface area (TPSA) is 32.3 Å². The van der Waals surface area contributed by atoms with Crippen LogP contribution < -0.4 is 5.32 Å². The molecule has 0 fully saturated rings. The zero-order valence-electron chi connectivity index (χ0n) is 11.1. The SMILES string of the molecule is Cc1cc(F)c(C(C)NCC(C)CCO)cc1F. The van der Waals surface area contributed by atoms with Gasteiger partial charge in [-0.25, -0.2) is 8.78 Å². The van der Waals surface area contributed by atoms with Gasteiger partial charge in [0.2, 0.25) is 0 Å². The summed E-state index contributed by atoms with van der Waals surface area (Å²) in [5.41, 5.74) is 0.659. The van der Waals surface area contributed by atoms with Crippen LogP contribution >= 0.6 is 0 Å². The van der Waals surface area contributed by atoms with Crippen LogP contribution in [0.15, 0.2) is 12.1 Å². The zero-order valence-corrected chi connectivity index (χ0v) is 11.1. The van der Waals surface area contributed by atoms with Gasteiger partial charge in [0, 0.05) is 18.2 Å². The van der Waals surface area contributed by atoms with Crippen LogP contribution in [0.3, 0.4) is 0 Å². The normalized spacial score (nSPS) is 14.6. The summed E-state index contributed by atoms with van der Waals surface area (Å²) >= 11 is 0. The van der Waals surface area contributed by atoms with Crippen molar-refractivity contribution in [1.82, 2.24) is 5.32 Å². The van der Waals surface area contributed by atoms with Crippen LogP contribution in [0.5, 0.6) is 0 Å². The van der Waals surface area contributed by atoms with E-state index >= 15 is 0 Å². The molecule has 2 atom stereocenters. The number of hydrogen-bond acceptors (Lipinski definition) is 2. The smallest absolute Gasteiger partial charge is 0.128 e. The Kier molecular flexibility index (Phi) is 5.69. The number of hydrogen-bond donors (Lipinski definition) is 2. The molecule has 0 radical (unpaired) electrons. The maximum atomic E-state index is 13.7. The molecular weight excluding hydrogens is 236 g/mol. The molecule has 0 heterocycles. The molecule has 0 amide bonds. The lowest BCUT2D eigenvalue weighted by Gasteiger charge is -2.18. The summed E-state index contributed by atoms with van der Waals surface area (Å²) in [7, 11) is 0. The first-order valence-corrected chi connectivity index (χ1v) is 6.25. The van der Waals surface area contributed by atoms with Gasteiger partial charge in [-0.05, 0) is 50.4 Å². The Hall–Kier alpha value is -1.00. The lowest BCUT2D eigenvalue weighted by atomic mass is 10.0. The molecule has 2 N–H and O–H groups in total. The van der Waals surface area contributed by atoms with Crippen LogP contribution in [0.25, 0.3) is 0 Å². The van der Waals surface area contributed by atoms with E-state index in [1.54, 1.807) is 13.8 Å². The third kappa shape index (κ3) is 4.03. The molecule has 1 aromatic rings. The standard InChI is InChI=1S/C14H21F2NO/c1-9(4-5-18)8-17-11(3)12-7-13(15)10(2)6-14(12)16/h6-7,9,11,17-18H,4-5,8H2,1-3H3. The van der Waals surface area contributed by atoms with Crippen molar-refractivity contribution in [2.75, 3.05) is 13.2 Å². The van der Waals surface area contributed by atoms with E-state index in [2.05, 4.69) is 5.32 Å². The van der Waals surface area contributed by atoms with Gasteiger partial charge in [0.1, 0.15) is 11.6 Å². The van der Waals surface area contributed by atoms with Crippen LogP contribution in [0, 0.1) is 24.5 Å². The Bertz CT molecular complexity index is 396. The molecule has 1 aromatic carbocycles. The Balaban J connectivity index is 2.66. The van der Waals surface area contributed by atoms with Gasteiger partial charge >= 0.3 is 0 Å². The maximum absolute atomic E-state index is 13.7. The maximum Gasteiger partial charge on any atom is 0.128 e. The van der Waals surface area contributed by atoms with E-state index in [9.17, 15) is 8.78 Å². The van der Waals surface area contributed by atoms with Crippen LogP contribution in [-0.2, 0) is 0 Å². The number of aryl methyl sites for hydroxylation is 1. The van der Waals surface area contributed by atoms with Gasteiger partial charge in [0.15, 0.2) is 0 Å². The molecule has 0 aliphatic heterocycles. The van der Waals surface area contributed by atoms with Crippen molar-refractivity contribution in [2.45, 2.75) is 33.2 Å². The molecule has 0 aromatic heterocycles. The largest absolute Gasteiger partial charge is 0.396 e. The van der Waals surface area contributed by atoms with Crippen molar-refractivity contribution in [3.8, 4) is 0 Å². The number of nitrogens with one attached hydrogen (secondary N) is 1. The number of aliphatic hydroxyl groups is 1. The zero-order chi connectivity index (χ0) is 13.7. The van der Waals surface area contributed by atoms with E-state index in [0.29, 0.717) is 30.0 Å². The average Bonchev–Trinajstić information content (AvgIpc) is 2.31. The highest BCUT2D eigenvalue weighted by Gasteiger charge is 2.14. The predicted molar refractivity (Wildman–Crippen MR) is 68.4 cm³/mol. The van der Waals surface area contributed by atoms with Gasteiger partial charge in [0.25, 0.3) is 0 Å². The molecule has 4 heteroatoms. The van der Waals surface area contributed by atoms with Crippen LogP contribution in [0.1, 0.15) is 37.4 Å². The summed E-state index contributed by atoms with van der Waals surface area (Å²) in [6.07, 6.45) is 0.699. The molecule has 0 saturated carbocycles. The van der Waals surface area contributed by atoms with Crippen molar-refractivity contribution in [3.63, 3.8) is 0 Å². The summed E-state index contributed by atoms with van der Waals surface area (Å²) in [5.74, 6) is -0.469. The minimum Gasteiger partial charge on any atom is -0.396 e.